The number of sulfone groups is 1. The number of anilines is 1. The molecule has 11 heteroatoms. The molecule has 26 heavy (non-hydrogen) atoms. The van der Waals surface area contributed by atoms with Gasteiger partial charge in [0, 0.05) is 18.7 Å². The predicted molar refractivity (Wildman–Crippen MR) is 86.2 cm³/mol. The van der Waals surface area contributed by atoms with E-state index in [4.69, 9.17) is 0 Å². The molecule has 2 N–H and O–H groups in total. The first-order chi connectivity index (χ1) is 12.0. The zero-order chi connectivity index (χ0) is 19.5. The molecule has 2 aromatic carbocycles. The Labute approximate surface area is 146 Å². The van der Waals surface area contributed by atoms with Crippen LogP contribution in [0.5, 0.6) is 0 Å². The van der Waals surface area contributed by atoms with Crippen LogP contribution in [-0.4, -0.2) is 30.5 Å². The predicted octanol–water partition coefficient (Wildman–Crippen LogP) is 3.03. The molecule has 0 aliphatic carbocycles. The number of nitro groups is 1. The highest BCUT2D eigenvalue weighted by atomic mass is 32.2. The summed E-state index contributed by atoms with van der Waals surface area (Å²) >= 11 is 0. The molecule has 140 valence electrons. The highest BCUT2D eigenvalue weighted by Crippen LogP contribution is 2.34. The van der Waals surface area contributed by atoms with Crippen LogP contribution in [0.2, 0.25) is 0 Å². The van der Waals surface area contributed by atoms with Crippen molar-refractivity contribution in [2.75, 3.05) is 11.9 Å². The van der Waals surface area contributed by atoms with Crippen molar-refractivity contribution in [3.63, 3.8) is 0 Å². The molecule has 0 unspecified atom stereocenters. The monoisotopic (exact) mass is 390 g/mol. The van der Waals surface area contributed by atoms with Gasteiger partial charge in [-0.1, -0.05) is 12.1 Å². The van der Waals surface area contributed by atoms with Gasteiger partial charge in [0.25, 0.3) is 15.5 Å². The van der Waals surface area contributed by atoms with Gasteiger partial charge in [-0.25, -0.2) is 8.42 Å². The molecular formula is C15H13F3N2O5S. The molecule has 0 spiro atoms. The minimum absolute atomic E-state index is 0.185. The molecule has 0 amide bonds. The van der Waals surface area contributed by atoms with Crippen molar-refractivity contribution in [3.05, 3.63) is 64.2 Å². The molecule has 0 aliphatic rings. The lowest BCUT2D eigenvalue weighted by Gasteiger charge is -2.16. The maximum Gasteiger partial charge on any atom is 0.501 e. The third-order valence-electron chi connectivity index (χ3n) is 3.46. The van der Waals surface area contributed by atoms with Gasteiger partial charge in [0.05, 0.1) is 21.6 Å². The summed E-state index contributed by atoms with van der Waals surface area (Å²) in [5.41, 5.74) is -5.68. The lowest BCUT2D eigenvalue weighted by Crippen LogP contribution is -2.24. The Balaban J connectivity index is 2.19. The maximum atomic E-state index is 12.7. The topological polar surface area (TPSA) is 110 Å². The fourth-order valence-electron chi connectivity index (χ4n) is 2.11. The van der Waals surface area contributed by atoms with Crippen molar-refractivity contribution < 1.29 is 31.6 Å². The van der Waals surface area contributed by atoms with Crippen molar-refractivity contribution in [3.8, 4) is 0 Å². The van der Waals surface area contributed by atoms with Gasteiger partial charge in [-0.15, -0.1) is 0 Å². The van der Waals surface area contributed by atoms with Crippen LogP contribution in [0.4, 0.5) is 24.5 Å². The smallest absolute Gasteiger partial charge is 0.387 e. The van der Waals surface area contributed by atoms with E-state index < -0.39 is 31.3 Å². The van der Waals surface area contributed by atoms with Gasteiger partial charge in [0.1, 0.15) is 0 Å². The fourth-order valence-corrected chi connectivity index (χ4v) is 3.05. The molecule has 0 aromatic heterocycles. The van der Waals surface area contributed by atoms with E-state index in [9.17, 15) is 36.8 Å². The second-order valence-electron chi connectivity index (χ2n) is 5.19. The zero-order valence-electron chi connectivity index (χ0n) is 13.0. The number of aliphatic hydroxyl groups excluding tert-OH is 1. The number of halogens is 3. The van der Waals surface area contributed by atoms with Crippen LogP contribution < -0.4 is 5.32 Å². The first-order valence-electron chi connectivity index (χ1n) is 7.10. The number of benzene rings is 2. The third-order valence-corrected chi connectivity index (χ3v) is 5.00. The van der Waals surface area contributed by atoms with Crippen LogP contribution in [-0.2, 0) is 9.84 Å². The molecule has 1 atom stereocenters. The lowest BCUT2D eigenvalue weighted by molar-refractivity contribution is -0.384. The van der Waals surface area contributed by atoms with Crippen LogP contribution in [0.25, 0.3) is 0 Å². The number of rotatable bonds is 6. The molecule has 0 saturated carbocycles. The van der Waals surface area contributed by atoms with Crippen molar-refractivity contribution in [1.29, 1.82) is 0 Å². The standard InChI is InChI=1S/C15H13F3N2O5S/c16-15(17,18)26(24,25)14-4-2-1-3-12(14)19-9-13(21)10-5-7-11(8-6-10)20(22)23/h1-8,13,19,21H,9H2/t13-/m1/s1. The summed E-state index contributed by atoms with van der Waals surface area (Å²) in [5, 5.41) is 23.1. The number of nitrogens with one attached hydrogen (secondary N) is 1. The first kappa shape index (κ1) is 19.7. The Morgan fingerprint density at radius 2 is 1.69 bits per heavy atom. The highest BCUT2D eigenvalue weighted by molar-refractivity contribution is 7.92. The minimum Gasteiger partial charge on any atom is -0.387 e. The molecule has 2 aromatic rings. The first-order valence-corrected chi connectivity index (χ1v) is 8.59. The number of alkyl halides is 3. The summed E-state index contributed by atoms with van der Waals surface area (Å²) in [4.78, 5) is 9.01. The Hall–Kier alpha value is -2.66. The van der Waals surface area contributed by atoms with E-state index in [2.05, 4.69) is 5.32 Å². The number of aliphatic hydroxyl groups is 1. The molecule has 0 bridgehead atoms. The Morgan fingerprint density at radius 3 is 2.23 bits per heavy atom. The van der Waals surface area contributed by atoms with Gasteiger partial charge in [-0.05, 0) is 29.8 Å². The maximum absolute atomic E-state index is 12.7. The van der Waals surface area contributed by atoms with Gasteiger partial charge >= 0.3 is 5.51 Å². The fraction of sp³-hybridized carbons (Fsp3) is 0.200. The van der Waals surface area contributed by atoms with Crippen molar-refractivity contribution in [2.45, 2.75) is 16.5 Å². The second kappa shape index (κ2) is 7.30. The van der Waals surface area contributed by atoms with Gasteiger partial charge in [-0.3, -0.25) is 10.1 Å². The van der Waals surface area contributed by atoms with E-state index in [1.165, 1.54) is 30.3 Å². The van der Waals surface area contributed by atoms with Gasteiger partial charge in [0.2, 0.25) is 0 Å². The van der Waals surface area contributed by atoms with Crippen molar-refractivity contribution in [2.24, 2.45) is 0 Å². The Morgan fingerprint density at radius 1 is 1.12 bits per heavy atom. The number of hydrogen-bond acceptors (Lipinski definition) is 6. The summed E-state index contributed by atoms with van der Waals surface area (Å²) in [6.45, 7) is -0.303. The largest absolute Gasteiger partial charge is 0.501 e. The van der Waals surface area contributed by atoms with Crippen LogP contribution in [0, 0.1) is 10.1 Å². The summed E-state index contributed by atoms with van der Waals surface area (Å²) in [6, 6.07) is 9.37. The molecule has 0 radical (unpaired) electrons. The van der Waals surface area contributed by atoms with Crippen LogP contribution in [0.15, 0.2) is 53.4 Å². The minimum atomic E-state index is -5.55. The van der Waals surface area contributed by atoms with Gasteiger partial charge < -0.3 is 10.4 Å². The number of nitrogens with zero attached hydrogens (tertiary/aromatic N) is 1. The lowest BCUT2D eigenvalue weighted by atomic mass is 10.1. The molecule has 0 fully saturated rings. The number of para-hydroxylation sites is 1. The quantitative estimate of drug-likeness (QED) is 0.580. The number of non-ortho nitro benzene ring substituents is 1. The van der Waals surface area contributed by atoms with E-state index in [0.29, 0.717) is 0 Å². The van der Waals surface area contributed by atoms with Gasteiger partial charge in [0.15, 0.2) is 0 Å². The van der Waals surface area contributed by atoms with Crippen LogP contribution in [0.1, 0.15) is 11.7 Å². The van der Waals surface area contributed by atoms with E-state index >= 15 is 0 Å². The van der Waals surface area contributed by atoms with Crippen LogP contribution >= 0.6 is 0 Å². The molecule has 0 saturated heterocycles. The second-order valence-corrected chi connectivity index (χ2v) is 7.10. The van der Waals surface area contributed by atoms with E-state index in [1.54, 1.807) is 0 Å². The molecule has 0 aliphatic heterocycles. The van der Waals surface area contributed by atoms with E-state index in [-0.39, 0.29) is 23.5 Å². The van der Waals surface area contributed by atoms with Crippen molar-refractivity contribution >= 4 is 21.2 Å². The summed E-state index contributed by atoms with van der Waals surface area (Å²) in [6.07, 6.45) is -1.22. The van der Waals surface area contributed by atoms with E-state index in [1.807, 2.05) is 0 Å². The highest BCUT2D eigenvalue weighted by Gasteiger charge is 2.47. The summed E-state index contributed by atoms with van der Waals surface area (Å²) in [5.74, 6) is 0. The third kappa shape index (κ3) is 4.11. The molecular weight excluding hydrogens is 377 g/mol. The zero-order valence-corrected chi connectivity index (χ0v) is 13.8. The average Bonchev–Trinajstić information content (AvgIpc) is 2.59. The normalized spacial score (nSPS) is 13.2. The van der Waals surface area contributed by atoms with Gasteiger partial charge in [-0.2, -0.15) is 13.2 Å². The molecule has 0 heterocycles. The SMILES string of the molecule is O=[N+]([O-])c1ccc([C@H](O)CNc2ccccc2S(=O)(=O)C(F)(F)F)cc1. The Kier molecular flexibility index (Phi) is 5.52. The molecule has 2 rings (SSSR count). The summed E-state index contributed by atoms with van der Waals surface area (Å²) < 4.78 is 61.4. The number of hydrogen-bond donors (Lipinski definition) is 2. The Bertz CT molecular complexity index is 898. The average molecular weight is 390 g/mol. The summed E-state index contributed by atoms with van der Waals surface area (Å²) in [7, 11) is -5.55. The molecule has 7 nitrogen and oxygen atoms in total. The van der Waals surface area contributed by atoms with Crippen LogP contribution in [0.3, 0.4) is 0 Å². The van der Waals surface area contributed by atoms with Crippen molar-refractivity contribution in [1.82, 2.24) is 0 Å². The number of nitro benzene ring substituents is 1. The van der Waals surface area contributed by atoms with E-state index in [0.717, 1.165) is 18.2 Å².